The molecule has 0 aliphatic heterocycles. The van der Waals surface area contributed by atoms with E-state index in [1.165, 1.54) is 7.11 Å². The molecule has 2 rings (SSSR count). The van der Waals surface area contributed by atoms with Crippen LogP contribution >= 0.6 is 38.5 Å². The summed E-state index contributed by atoms with van der Waals surface area (Å²) in [6, 6.07) is 1.95. The average Bonchev–Trinajstić information content (AvgIpc) is 2.54. The molecule has 0 spiro atoms. The van der Waals surface area contributed by atoms with Crippen LogP contribution in [0.25, 0.3) is 5.65 Å². The highest BCUT2D eigenvalue weighted by atomic mass is 127. The molecule has 0 aliphatic carbocycles. The molecule has 0 aromatic carbocycles. The van der Waals surface area contributed by atoms with Gasteiger partial charge >= 0.3 is 5.97 Å². The van der Waals surface area contributed by atoms with Gasteiger partial charge in [0.1, 0.15) is 0 Å². The van der Waals surface area contributed by atoms with Crippen molar-refractivity contribution in [1.29, 1.82) is 0 Å². The van der Waals surface area contributed by atoms with Crippen LogP contribution in [-0.2, 0) is 4.74 Å². The van der Waals surface area contributed by atoms with Gasteiger partial charge in [0.15, 0.2) is 11.3 Å². The Morgan fingerprint density at radius 1 is 1.62 bits per heavy atom. The van der Waals surface area contributed by atoms with Gasteiger partial charge in [0.05, 0.1) is 16.4 Å². The number of esters is 1. The molecule has 0 saturated heterocycles. The van der Waals surface area contributed by atoms with Gasteiger partial charge in [-0.1, -0.05) is 0 Å². The molecule has 0 fully saturated rings. The predicted octanol–water partition coefficient (Wildman–Crippen LogP) is 2.80. The fourth-order valence-corrected chi connectivity index (χ4v) is 3.11. The number of ether oxygens (including phenoxy) is 1. The van der Waals surface area contributed by atoms with E-state index in [1.54, 1.807) is 11.3 Å². The van der Waals surface area contributed by atoms with E-state index < -0.39 is 0 Å². The largest absolute Gasteiger partial charge is 0.464 e. The van der Waals surface area contributed by atoms with Crippen LogP contribution in [-0.4, -0.2) is 22.5 Å². The summed E-state index contributed by atoms with van der Waals surface area (Å²) in [7, 11) is 1.37. The molecular formula is C10H8BrIN2O2. The van der Waals surface area contributed by atoms with Gasteiger partial charge in [-0.25, -0.2) is 9.78 Å². The zero-order chi connectivity index (χ0) is 11.9. The number of halogens is 2. The van der Waals surface area contributed by atoms with E-state index in [0.29, 0.717) is 11.4 Å². The molecule has 84 valence electrons. The second kappa shape index (κ2) is 4.33. The number of aryl methyl sites for hydroxylation is 1. The molecule has 2 heterocycles. The maximum atomic E-state index is 11.6. The number of aromatic nitrogens is 2. The molecule has 0 amide bonds. The quantitative estimate of drug-likeness (QED) is 0.551. The molecule has 0 saturated carbocycles. The van der Waals surface area contributed by atoms with Crippen molar-refractivity contribution in [1.82, 2.24) is 9.38 Å². The van der Waals surface area contributed by atoms with Crippen LogP contribution in [0.5, 0.6) is 0 Å². The number of imidazole rings is 1. The first-order chi connectivity index (χ1) is 7.54. The number of nitrogens with zero attached hydrogens (tertiary/aromatic N) is 2. The summed E-state index contributed by atoms with van der Waals surface area (Å²) in [5.74, 6) is -0.376. The third-order valence-corrected chi connectivity index (χ3v) is 3.42. The van der Waals surface area contributed by atoms with E-state index in [0.717, 1.165) is 13.7 Å². The fraction of sp³-hybridized carbons (Fsp3) is 0.200. The van der Waals surface area contributed by atoms with Crippen LogP contribution in [0.1, 0.15) is 16.2 Å². The number of hydrogen-bond acceptors (Lipinski definition) is 3. The Balaban J connectivity index is 2.83. The van der Waals surface area contributed by atoms with Crippen molar-refractivity contribution in [2.24, 2.45) is 0 Å². The second-order valence-electron chi connectivity index (χ2n) is 3.24. The number of hydrogen-bond donors (Lipinski definition) is 0. The lowest BCUT2D eigenvalue weighted by atomic mass is 10.3. The number of fused-ring (bicyclic) bond motifs is 1. The van der Waals surface area contributed by atoms with Crippen molar-refractivity contribution in [2.45, 2.75) is 6.92 Å². The molecule has 0 aliphatic rings. The van der Waals surface area contributed by atoms with Crippen molar-refractivity contribution in [3.8, 4) is 0 Å². The molecule has 0 unspecified atom stereocenters. The minimum absolute atomic E-state index is 0.376. The molecule has 0 bridgehead atoms. The highest BCUT2D eigenvalue weighted by Crippen LogP contribution is 2.22. The van der Waals surface area contributed by atoms with E-state index in [-0.39, 0.29) is 5.97 Å². The van der Waals surface area contributed by atoms with E-state index >= 15 is 0 Å². The summed E-state index contributed by atoms with van der Waals surface area (Å²) in [4.78, 5) is 16.0. The Hall–Kier alpha value is -0.630. The third-order valence-electron chi connectivity index (χ3n) is 2.19. The Morgan fingerprint density at radius 2 is 2.31 bits per heavy atom. The van der Waals surface area contributed by atoms with Crippen LogP contribution in [0.4, 0.5) is 0 Å². The SMILES string of the molecule is COC(=O)c1c(C)nc2c(I)cc(Br)cn12. The van der Waals surface area contributed by atoms with Crippen LogP contribution in [0, 0.1) is 10.5 Å². The summed E-state index contributed by atoms with van der Waals surface area (Å²) in [5, 5.41) is 0. The van der Waals surface area contributed by atoms with Crippen LogP contribution < -0.4 is 0 Å². The van der Waals surface area contributed by atoms with Crippen molar-refractivity contribution in [3.05, 3.63) is 31.7 Å². The molecular weight excluding hydrogens is 387 g/mol. The van der Waals surface area contributed by atoms with Gasteiger partial charge in [-0.3, -0.25) is 4.40 Å². The van der Waals surface area contributed by atoms with Gasteiger partial charge < -0.3 is 4.74 Å². The molecule has 0 radical (unpaired) electrons. The Bertz CT molecular complexity index is 580. The molecule has 4 nitrogen and oxygen atoms in total. The molecule has 6 heteroatoms. The number of carbonyl (C=O) groups excluding carboxylic acids is 1. The lowest BCUT2D eigenvalue weighted by Crippen LogP contribution is -2.07. The molecule has 16 heavy (non-hydrogen) atoms. The molecule has 2 aromatic heterocycles. The average molecular weight is 395 g/mol. The van der Waals surface area contributed by atoms with Crippen molar-refractivity contribution >= 4 is 50.1 Å². The lowest BCUT2D eigenvalue weighted by Gasteiger charge is -2.02. The van der Waals surface area contributed by atoms with Gasteiger partial charge in [0, 0.05) is 10.7 Å². The fourth-order valence-electron chi connectivity index (χ4n) is 1.53. The Labute approximate surface area is 114 Å². The lowest BCUT2D eigenvalue weighted by molar-refractivity contribution is 0.0592. The van der Waals surface area contributed by atoms with Crippen molar-refractivity contribution in [2.75, 3.05) is 7.11 Å². The van der Waals surface area contributed by atoms with Crippen LogP contribution in [0.2, 0.25) is 0 Å². The zero-order valence-corrected chi connectivity index (χ0v) is 12.4. The second-order valence-corrected chi connectivity index (χ2v) is 5.32. The monoisotopic (exact) mass is 394 g/mol. The summed E-state index contributed by atoms with van der Waals surface area (Å²) in [6.07, 6.45) is 1.81. The van der Waals surface area contributed by atoms with Gasteiger partial charge in [0.2, 0.25) is 0 Å². The number of methoxy groups -OCH3 is 1. The minimum atomic E-state index is -0.376. The van der Waals surface area contributed by atoms with Gasteiger partial charge in [-0.15, -0.1) is 0 Å². The first kappa shape index (κ1) is 11.8. The highest BCUT2D eigenvalue weighted by Gasteiger charge is 2.18. The van der Waals surface area contributed by atoms with Crippen LogP contribution in [0.15, 0.2) is 16.7 Å². The highest BCUT2D eigenvalue weighted by molar-refractivity contribution is 14.1. The third kappa shape index (κ3) is 1.84. The van der Waals surface area contributed by atoms with Crippen molar-refractivity contribution < 1.29 is 9.53 Å². The van der Waals surface area contributed by atoms with Crippen molar-refractivity contribution in [3.63, 3.8) is 0 Å². The Kier molecular flexibility index (Phi) is 3.20. The maximum absolute atomic E-state index is 11.6. The molecule has 0 atom stereocenters. The summed E-state index contributed by atoms with van der Waals surface area (Å²) >= 11 is 5.58. The van der Waals surface area contributed by atoms with E-state index in [9.17, 15) is 4.79 Å². The zero-order valence-electron chi connectivity index (χ0n) is 8.62. The first-order valence-electron chi connectivity index (χ1n) is 4.46. The summed E-state index contributed by atoms with van der Waals surface area (Å²) in [5.41, 5.74) is 1.90. The van der Waals surface area contributed by atoms with Crippen LogP contribution in [0.3, 0.4) is 0 Å². The van der Waals surface area contributed by atoms with E-state index in [1.807, 2.05) is 12.3 Å². The van der Waals surface area contributed by atoms with E-state index in [2.05, 4.69) is 43.5 Å². The van der Waals surface area contributed by atoms with Gasteiger partial charge in [-0.2, -0.15) is 0 Å². The van der Waals surface area contributed by atoms with E-state index in [4.69, 9.17) is 4.74 Å². The molecule has 2 aromatic rings. The number of pyridine rings is 1. The smallest absolute Gasteiger partial charge is 0.356 e. The van der Waals surface area contributed by atoms with Gasteiger partial charge in [0.25, 0.3) is 0 Å². The number of rotatable bonds is 1. The predicted molar refractivity (Wildman–Crippen MR) is 71.7 cm³/mol. The van der Waals surface area contributed by atoms with Gasteiger partial charge in [-0.05, 0) is 51.5 Å². The minimum Gasteiger partial charge on any atom is -0.464 e. The standard InChI is InChI=1S/C10H8BrIN2O2/c1-5-8(10(15)16-2)14-4-6(11)3-7(12)9(14)13-5/h3-4H,1-2H3. The first-order valence-corrected chi connectivity index (χ1v) is 6.33. The normalized spacial score (nSPS) is 10.8. The Morgan fingerprint density at radius 3 is 2.94 bits per heavy atom. The maximum Gasteiger partial charge on any atom is 0.356 e. The summed E-state index contributed by atoms with van der Waals surface area (Å²) in [6.45, 7) is 1.79. The topological polar surface area (TPSA) is 43.6 Å². The molecule has 0 N–H and O–H groups in total. The number of carbonyl (C=O) groups is 1. The summed E-state index contributed by atoms with van der Waals surface area (Å²) < 4.78 is 8.36.